The van der Waals surface area contributed by atoms with E-state index in [1.165, 1.54) is 34.9 Å². The van der Waals surface area contributed by atoms with Gasteiger partial charge in [-0.25, -0.2) is 0 Å². The molecule has 0 radical (unpaired) electrons. The number of nitrogens with one attached hydrogen (secondary N) is 1. The van der Waals surface area contributed by atoms with E-state index in [0.717, 1.165) is 39.6 Å². The van der Waals surface area contributed by atoms with Crippen LogP contribution in [0.5, 0.6) is 5.75 Å². The molecule has 1 aromatic carbocycles. The summed E-state index contributed by atoms with van der Waals surface area (Å²) in [6, 6.07) is 8.00. The maximum atomic E-state index is 12.6. The van der Waals surface area contributed by atoms with Crippen molar-refractivity contribution in [2.24, 2.45) is 0 Å². The summed E-state index contributed by atoms with van der Waals surface area (Å²) >= 11 is 4.20. The largest absolute Gasteiger partial charge is 0.497 e. The van der Waals surface area contributed by atoms with Crippen LogP contribution in [-0.4, -0.2) is 78.3 Å². The van der Waals surface area contributed by atoms with E-state index < -0.39 is 0 Å². The summed E-state index contributed by atoms with van der Waals surface area (Å²) in [6.07, 6.45) is 0.917. The molecule has 2 amide bonds. The van der Waals surface area contributed by atoms with Crippen LogP contribution in [0.25, 0.3) is 0 Å². The number of methoxy groups -OCH3 is 1. The van der Waals surface area contributed by atoms with Crippen LogP contribution in [0, 0.1) is 0 Å². The number of carbonyl (C=O) groups is 2. The number of nitrogens with zero attached hydrogens (tertiary/aromatic N) is 4. The van der Waals surface area contributed by atoms with Gasteiger partial charge in [-0.05, 0) is 30.7 Å². The van der Waals surface area contributed by atoms with Crippen LogP contribution in [0.3, 0.4) is 0 Å². The lowest BCUT2D eigenvalue weighted by Gasteiger charge is -2.36. The number of amides is 2. The van der Waals surface area contributed by atoms with Gasteiger partial charge in [-0.15, -0.1) is 10.2 Å². The molecule has 1 N–H and O–H groups in total. The molecule has 1 saturated heterocycles. The molecule has 0 unspecified atom stereocenters. The maximum absolute atomic E-state index is 12.6. The van der Waals surface area contributed by atoms with Crippen LogP contribution >= 0.6 is 34.9 Å². The SMILES string of the molecule is CCCNC(=O)CSc1nnc(SCC(=O)N2CCN(c3ccc(OC)cc3)CC2)s1. The van der Waals surface area contributed by atoms with Crippen molar-refractivity contribution in [1.82, 2.24) is 20.4 Å². The average molecular weight is 482 g/mol. The van der Waals surface area contributed by atoms with E-state index in [-0.39, 0.29) is 11.8 Å². The Balaban J connectivity index is 1.38. The molecule has 31 heavy (non-hydrogen) atoms. The van der Waals surface area contributed by atoms with Gasteiger partial charge in [-0.2, -0.15) is 0 Å². The minimum atomic E-state index is 0.000197. The Morgan fingerprint density at radius 3 is 2.32 bits per heavy atom. The van der Waals surface area contributed by atoms with Crippen molar-refractivity contribution in [2.45, 2.75) is 22.0 Å². The number of aromatic nitrogens is 2. The summed E-state index contributed by atoms with van der Waals surface area (Å²) in [5, 5.41) is 11.1. The first-order valence-corrected chi connectivity index (χ1v) is 12.9. The second kappa shape index (κ2) is 12.2. The summed E-state index contributed by atoms with van der Waals surface area (Å²) in [4.78, 5) is 28.4. The van der Waals surface area contributed by atoms with Crippen molar-refractivity contribution in [3.63, 3.8) is 0 Å². The molecule has 3 rings (SSSR count). The number of hydrogen-bond acceptors (Lipinski definition) is 9. The van der Waals surface area contributed by atoms with Crippen LogP contribution in [0.4, 0.5) is 5.69 Å². The lowest BCUT2D eigenvalue weighted by Crippen LogP contribution is -2.49. The molecule has 0 saturated carbocycles. The van der Waals surface area contributed by atoms with Crippen molar-refractivity contribution < 1.29 is 14.3 Å². The fourth-order valence-corrected chi connectivity index (χ4v) is 5.73. The average Bonchev–Trinajstić information content (AvgIpc) is 3.28. The fourth-order valence-electron chi connectivity index (χ4n) is 2.98. The Hall–Kier alpha value is -1.98. The summed E-state index contributed by atoms with van der Waals surface area (Å²) in [5.74, 6) is 1.63. The molecule has 168 valence electrons. The molecule has 1 aliphatic heterocycles. The van der Waals surface area contributed by atoms with E-state index in [0.29, 0.717) is 31.1 Å². The molecule has 8 nitrogen and oxygen atoms in total. The Bertz CT molecular complexity index is 854. The van der Waals surface area contributed by atoms with Gasteiger partial charge in [-0.1, -0.05) is 41.8 Å². The predicted molar refractivity (Wildman–Crippen MR) is 126 cm³/mol. The van der Waals surface area contributed by atoms with Gasteiger partial charge in [0.05, 0.1) is 18.6 Å². The molecule has 11 heteroatoms. The number of benzene rings is 1. The van der Waals surface area contributed by atoms with Gasteiger partial charge >= 0.3 is 0 Å². The Labute approximate surface area is 195 Å². The third-order valence-electron chi connectivity index (χ3n) is 4.68. The summed E-state index contributed by atoms with van der Waals surface area (Å²) < 4.78 is 6.70. The molecule has 0 spiro atoms. The standard InChI is InChI=1S/C20H27N5O3S3/c1-3-8-21-17(26)13-29-19-22-23-20(31-19)30-14-18(27)25-11-9-24(10-12-25)15-4-6-16(28-2)7-5-15/h4-7H,3,8-14H2,1-2H3,(H,21,26). The maximum Gasteiger partial charge on any atom is 0.233 e. The molecule has 2 heterocycles. The van der Waals surface area contributed by atoms with Crippen molar-refractivity contribution in [3.8, 4) is 5.75 Å². The van der Waals surface area contributed by atoms with Crippen molar-refractivity contribution in [1.29, 1.82) is 0 Å². The van der Waals surface area contributed by atoms with Crippen molar-refractivity contribution >= 4 is 52.4 Å². The van der Waals surface area contributed by atoms with Crippen LogP contribution < -0.4 is 15.0 Å². The van der Waals surface area contributed by atoms with Gasteiger partial charge in [0.25, 0.3) is 0 Å². The van der Waals surface area contributed by atoms with E-state index in [1.54, 1.807) is 7.11 Å². The highest BCUT2D eigenvalue weighted by atomic mass is 32.2. The highest BCUT2D eigenvalue weighted by molar-refractivity contribution is 8.03. The predicted octanol–water partition coefficient (Wildman–Crippen LogP) is 2.61. The van der Waals surface area contributed by atoms with Crippen LogP contribution in [0.2, 0.25) is 0 Å². The number of ether oxygens (including phenoxy) is 1. The lowest BCUT2D eigenvalue weighted by atomic mass is 10.2. The zero-order valence-corrected chi connectivity index (χ0v) is 20.2. The molecule has 0 aliphatic carbocycles. The van der Waals surface area contributed by atoms with Crippen LogP contribution in [-0.2, 0) is 9.59 Å². The summed E-state index contributed by atoms with van der Waals surface area (Å²) in [7, 11) is 1.66. The smallest absolute Gasteiger partial charge is 0.233 e. The second-order valence-corrected chi connectivity index (χ2v) is 10.2. The van der Waals surface area contributed by atoms with Gasteiger partial charge in [-0.3, -0.25) is 9.59 Å². The van der Waals surface area contributed by atoms with Gasteiger partial charge in [0.15, 0.2) is 8.68 Å². The molecule has 1 fully saturated rings. The molecular weight excluding hydrogens is 454 g/mol. The Morgan fingerprint density at radius 2 is 1.71 bits per heavy atom. The van der Waals surface area contributed by atoms with Gasteiger partial charge < -0.3 is 19.9 Å². The number of rotatable bonds is 10. The van der Waals surface area contributed by atoms with Crippen LogP contribution in [0.15, 0.2) is 32.9 Å². The summed E-state index contributed by atoms with van der Waals surface area (Å²) in [6.45, 7) is 5.73. The first kappa shape index (κ1) is 23.7. The lowest BCUT2D eigenvalue weighted by molar-refractivity contribution is -0.128. The second-order valence-electron chi connectivity index (χ2n) is 6.83. The number of anilines is 1. The number of piperazine rings is 1. The quantitative estimate of drug-likeness (QED) is 0.518. The molecule has 2 aromatic rings. The summed E-state index contributed by atoms with van der Waals surface area (Å²) in [5.41, 5.74) is 1.14. The van der Waals surface area contributed by atoms with Crippen LogP contribution in [0.1, 0.15) is 13.3 Å². The minimum absolute atomic E-state index is 0.000197. The van der Waals surface area contributed by atoms with E-state index in [1.807, 2.05) is 36.1 Å². The molecule has 1 aliphatic rings. The van der Waals surface area contributed by atoms with E-state index in [4.69, 9.17) is 4.74 Å². The highest BCUT2D eigenvalue weighted by Crippen LogP contribution is 2.29. The third kappa shape index (κ3) is 7.29. The van der Waals surface area contributed by atoms with E-state index in [2.05, 4.69) is 20.4 Å². The zero-order chi connectivity index (χ0) is 22.1. The van der Waals surface area contributed by atoms with Gasteiger partial charge in [0, 0.05) is 38.4 Å². The first-order chi connectivity index (χ1) is 15.1. The number of carbonyl (C=O) groups excluding carboxylic acids is 2. The molecule has 0 bridgehead atoms. The molecule has 1 aromatic heterocycles. The monoisotopic (exact) mass is 481 g/mol. The zero-order valence-electron chi connectivity index (χ0n) is 17.7. The topological polar surface area (TPSA) is 87.7 Å². The van der Waals surface area contributed by atoms with Crippen molar-refractivity contribution in [3.05, 3.63) is 24.3 Å². The molecular formula is C20H27N5O3S3. The minimum Gasteiger partial charge on any atom is -0.497 e. The Morgan fingerprint density at radius 1 is 1.06 bits per heavy atom. The third-order valence-corrected chi connectivity index (χ3v) is 7.85. The number of hydrogen-bond donors (Lipinski definition) is 1. The first-order valence-electron chi connectivity index (χ1n) is 10.1. The number of thioether (sulfide) groups is 2. The van der Waals surface area contributed by atoms with E-state index >= 15 is 0 Å². The van der Waals surface area contributed by atoms with Crippen molar-refractivity contribution in [2.75, 3.05) is 56.2 Å². The Kier molecular flexibility index (Phi) is 9.29. The molecule has 0 atom stereocenters. The van der Waals surface area contributed by atoms with E-state index in [9.17, 15) is 9.59 Å². The van der Waals surface area contributed by atoms with Gasteiger partial charge in [0.2, 0.25) is 11.8 Å². The normalized spacial score (nSPS) is 13.9. The fraction of sp³-hybridized carbons (Fsp3) is 0.500. The highest BCUT2D eigenvalue weighted by Gasteiger charge is 2.22. The van der Waals surface area contributed by atoms with Gasteiger partial charge in [0.1, 0.15) is 5.75 Å².